The van der Waals surface area contributed by atoms with Crippen molar-refractivity contribution in [2.75, 3.05) is 0 Å². The van der Waals surface area contributed by atoms with E-state index in [9.17, 15) is 0 Å². The number of unbranched alkanes of at least 4 members (excludes halogenated alkanes) is 10. The molecule has 0 saturated heterocycles. The molecule has 0 heterocycles. The molecule has 0 N–H and O–H groups in total. The Hall–Kier alpha value is -2.34. The molecule has 0 fully saturated rings. The summed E-state index contributed by atoms with van der Waals surface area (Å²) in [6.07, 6.45) is 18.8. The molecule has 0 amide bonds. The average Bonchev–Trinajstić information content (AvgIpc) is 2.85. The highest BCUT2D eigenvalue weighted by Gasteiger charge is 2.04. The molecular weight excluding hydrogens is 408 g/mol. The first-order valence-corrected chi connectivity index (χ1v) is 14.2. The highest BCUT2D eigenvalue weighted by Crippen LogP contribution is 2.29. The largest absolute Gasteiger partial charge is 0.0654 e. The minimum absolute atomic E-state index is 1.21. The molecule has 0 unspecified atom stereocenters. The molecule has 0 aromatic heterocycles. The van der Waals surface area contributed by atoms with Gasteiger partial charge in [0.05, 0.1) is 0 Å². The third-order valence-corrected chi connectivity index (χ3v) is 7.52. The maximum atomic E-state index is 2.43. The average molecular weight is 453 g/mol. The SMILES string of the molecule is CCCCCCCCc1ccc2cc3cc4ccc(CCCCCCCC)cc4cc3cc2c1. The van der Waals surface area contributed by atoms with Gasteiger partial charge in [0.25, 0.3) is 0 Å². The van der Waals surface area contributed by atoms with Gasteiger partial charge in [-0.15, -0.1) is 0 Å². The molecule has 0 heteroatoms. The third kappa shape index (κ3) is 6.84. The van der Waals surface area contributed by atoms with Gasteiger partial charge in [-0.25, -0.2) is 0 Å². The lowest BCUT2D eigenvalue weighted by molar-refractivity contribution is 0.607. The minimum Gasteiger partial charge on any atom is -0.0654 e. The topological polar surface area (TPSA) is 0 Å². The molecule has 0 radical (unpaired) electrons. The van der Waals surface area contributed by atoms with Gasteiger partial charge in [0.2, 0.25) is 0 Å². The molecule has 4 aromatic rings. The Morgan fingerprint density at radius 3 is 1.15 bits per heavy atom. The monoisotopic (exact) mass is 452 g/mol. The van der Waals surface area contributed by atoms with E-state index in [2.05, 4.69) is 74.5 Å². The Labute approximate surface area is 207 Å². The van der Waals surface area contributed by atoms with Crippen LogP contribution in [0, 0.1) is 0 Å². The lowest BCUT2D eigenvalue weighted by atomic mass is 9.96. The maximum Gasteiger partial charge on any atom is -0.0171 e. The van der Waals surface area contributed by atoms with Gasteiger partial charge in [-0.2, -0.15) is 0 Å². The van der Waals surface area contributed by atoms with Crippen molar-refractivity contribution in [3.05, 3.63) is 71.8 Å². The number of rotatable bonds is 14. The van der Waals surface area contributed by atoms with Gasteiger partial charge in [0.15, 0.2) is 0 Å². The van der Waals surface area contributed by atoms with Crippen molar-refractivity contribution in [1.29, 1.82) is 0 Å². The van der Waals surface area contributed by atoms with Crippen LogP contribution < -0.4 is 0 Å². The summed E-state index contributed by atoms with van der Waals surface area (Å²) in [4.78, 5) is 0. The zero-order valence-corrected chi connectivity index (χ0v) is 21.7. The van der Waals surface area contributed by atoms with Crippen molar-refractivity contribution in [2.45, 2.75) is 104 Å². The Morgan fingerprint density at radius 1 is 0.353 bits per heavy atom. The quantitative estimate of drug-likeness (QED) is 0.132. The summed E-state index contributed by atoms with van der Waals surface area (Å²) in [6.45, 7) is 4.58. The van der Waals surface area contributed by atoms with Crippen molar-refractivity contribution in [3.8, 4) is 0 Å². The zero-order valence-electron chi connectivity index (χ0n) is 21.7. The smallest absolute Gasteiger partial charge is 0.0171 e. The van der Waals surface area contributed by atoms with Crippen LogP contribution >= 0.6 is 0 Å². The second kappa shape index (κ2) is 12.9. The van der Waals surface area contributed by atoms with Gasteiger partial charge in [-0.1, -0.05) is 114 Å². The first-order valence-electron chi connectivity index (χ1n) is 14.2. The molecular formula is C34H44. The van der Waals surface area contributed by atoms with E-state index in [0.717, 1.165) is 0 Å². The van der Waals surface area contributed by atoms with E-state index in [0.29, 0.717) is 0 Å². The van der Waals surface area contributed by atoms with Crippen molar-refractivity contribution in [1.82, 2.24) is 0 Å². The number of benzene rings is 4. The Kier molecular flexibility index (Phi) is 9.43. The summed E-state index contributed by atoms with van der Waals surface area (Å²) in [5.74, 6) is 0. The van der Waals surface area contributed by atoms with Gasteiger partial charge < -0.3 is 0 Å². The summed E-state index contributed by atoms with van der Waals surface area (Å²) < 4.78 is 0. The van der Waals surface area contributed by atoms with Crippen LogP contribution in [0.5, 0.6) is 0 Å². The lowest BCUT2D eigenvalue weighted by Gasteiger charge is -2.09. The van der Waals surface area contributed by atoms with Crippen LogP contribution in [0.15, 0.2) is 60.7 Å². The van der Waals surface area contributed by atoms with Crippen LogP contribution in [-0.2, 0) is 12.8 Å². The fourth-order valence-corrected chi connectivity index (χ4v) is 5.38. The molecule has 180 valence electrons. The molecule has 0 bridgehead atoms. The Morgan fingerprint density at radius 2 is 0.706 bits per heavy atom. The molecule has 0 aliphatic rings. The second-order valence-corrected chi connectivity index (χ2v) is 10.5. The first-order chi connectivity index (χ1) is 16.8. The van der Waals surface area contributed by atoms with Gasteiger partial charge in [0.1, 0.15) is 0 Å². The third-order valence-electron chi connectivity index (χ3n) is 7.52. The second-order valence-electron chi connectivity index (χ2n) is 10.5. The molecule has 0 spiro atoms. The summed E-state index contributed by atoms with van der Waals surface area (Å²) in [7, 11) is 0. The maximum absolute atomic E-state index is 2.43. The van der Waals surface area contributed by atoms with Crippen LogP contribution in [0.1, 0.15) is 102 Å². The molecule has 0 aliphatic carbocycles. The predicted octanol–water partition coefficient (Wildman–Crippen LogP) is 11.0. The van der Waals surface area contributed by atoms with Crippen LogP contribution in [0.25, 0.3) is 32.3 Å². The molecule has 4 aromatic carbocycles. The fraction of sp³-hybridized carbons (Fsp3) is 0.471. The van der Waals surface area contributed by atoms with Gasteiger partial charge in [0, 0.05) is 0 Å². The number of fused-ring (bicyclic) bond motifs is 3. The molecule has 0 saturated carbocycles. The van der Waals surface area contributed by atoms with E-state index in [4.69, 9.17) is 0 Å². The van der Waals surface area contributed by atoms with E-state index < -0.39 is 0 Å². The van der Waals surface area contributed by atoms with Crippen LogP contribution in [0.2, 0.25) is 0 Å². The van der Waals surface area contributed by atoms with Crippen molar-refractivity contribution < 1.29 is 0 Å². The molecule has 0 aliphatic heterocycles. The van der Waals surface area contributed by atoms with Gasteiger partial charge in [-0.3, -0.25) is 0 Å². The summed E-state index contributed by atoms with van der Waals surface area (Å²) in [5, 5.41) is 8.22. The molecule has 4 rings (SSSR count). The first kappa shape index (κ1) is 24.8. The van der Waals surface area contributed by atoms with Gasteiger partial charge >= 0.3 is 0 Å². The summed E-state index contributed by atoms with van der Waals surface area (Å²) in [6, 6.07) is 23.8. The minimum atomic E-state index is 1.21. The van der Waals surface area contributed by atoms with E-state index in [-0.39, 0.29) is 0 Å². The van der Waals surface area contributed by atoms with E-state index in [1.54, 1.807) is 0 Å². The number of hydrogen-bond acceptors (Lipinski definition) is 0. The number of hydrogen-bond donors (Lipinski definition) is 0. The van der Waals surface area contributed by atoms with E-state index >= 15 is 0 Å². The summed E-state index contributed by atoms with van der Waals surface area (Å²) >= 11 is 0. The predicted molar refractivity (Wildman–Crippen MR) is 153 cm³/mol. The van der Waals surface area contributed by atoms with Crippen LogP contribution in [0.4, 0.5) is 0 Å². The molecule has 34 heavy (non-hydrogen) atoms. The zero-order chi connectivity index (χ0) is 23.6. The lowest BCUT2D eigenvalue weighted by Crippen LogP contribution is -1.88. The van der Waals surface area contributed by atoms with E-state index in [1.165, 1.54) is 133 Å². The highest BCUT2D eigenvalue weighted by atomic mass is 14.1. The van der Waals surface area contributed by atoms with Gasteiger partial charge in [-0.05, 0) is 93.4 Å². The van der Waals surface area contributed by atoms with Crippen molar-refractivity contribution in [2.24, 2.45) is 0 Å². The van der Waals surface area contributed by atoms with Crippen molar-refractivity contribution >= 4 is 32.3 Å². The molecule has 0 atom stereocenters. The molecule has 0 nitrogen and oxygen atoms in total. The highest BCUT2D eigenvalue weighted by molar-refractivity contribution is 6.04. The Balaban J connectivity index is 1.45. The van der Waals surface area contributed by atoms with Crippen LogP contribution in [0.3, 0.4) is 0 Å². The van der Waals surface area contributed by atoms with Crippen LogP contribution in [-0.4, -0.2) is 0 Å². The number of aryl methyl sites for hydroxylation is 2. The summed E-state index contributed by atoms with van der Waals surface area (Å²) in [5.41, 5.74) is 2.98. The normalized spacial score (nSPS) is 11.7. The van der Waals surface area contributed by atoms with E-state index in [1.807, 2.05) is 0 Å². The standard InChI is InChI=1S/C34H44/c1-3-5-7-9-11-13-15-27-17-19-29-23-33-24-30-20-18-28(16-14-12-10-8-6-4-2)22-32(30)26-34(33)25-31(29)21-27/h17-26H,3-16H2,1-2H3. The van der Waals surface area contributed by atoms with Crippen molar-refractivity contribution in [3.63, 3.8) is 0 Å². The Bertz CT molecular complexity index is 1090. The fourth-order valence-electron chi connectivity index (χ4n) is 5.38.